The molecule has 0 aliphatic carbocycles. The predicted molar refractivity (Wildman–Crippen MR) is 106 cm³/mol. The van der Waals surface area contributed by atoms with Crippen molar-refractivity contribution in [1.29, 1.82) is 0 Å². The van der Waals surface area contributed by atoms with E-state index in [1.807, 2.05) is 18.2 Å². The first-order valence-corrected chi connectivity index (χ1v) is 9.34. The van der Waals surface area contributed by atoms with E-state index < -0.39 is 11.6 Å². The molecule has 5 nitrogen and oxygen atoms in total. The van der Waals surface area contributed by atoms with Gasteiger partial charge in [-0.25, -0.2) is 4.79 Å². The number of ether oxygens (including phenoxy) is 1. The van der Waals surface area contributed by atoms with Crippen molar-refractivity contribution in [1.82, 2.24) is 5.32 Å². The van der Waals surface area contributed by atoms with E-state index in [0.717, 1.165) is 17.8 Å². The number of anilines is 1. The Hall–Kier alpha value is -2.82. The van der Waals surface area contributed by atoms with Gasteiger partial charge in [0, 0.05) is 31.7 Å². The number of esters is 1. The first-order valence-electron chi connectivity index (χ1n) is 9.34. The number of benzene rings is 2. The summed E-state index contributed by atoms with van der Waals surface area (Å²) in [5.74, 6) is -0.699. The fourth-order valence-corrected chi connectivity index (χ4v) is 3.45. The molecular formula is C22H26N2O3. The van der Waals surface area contributed by atoms with Crippen LogP contribution < -0.4 is 10.2 Å². The molecule has 1 N–H and O–H groups in total. The van der Waals surface area contributed by atoms with E-state index in [1.54, 1.807) is 19.1 Å². The Bertz CT molecular complexity index is 849. The van der Waals surface area contributed by atoms with Crippen LogP contribution in [0.25, 0.3) is 0 Å². The van der Waals surface area contributed by atoms with E-state index in [1.165, 1.54) is 5.56 Å². The second-order valence-electron chi connectivity index (χ2n) is 7.13. The van der Waals surface area contributed by atoms with E-state index in [0.29, 0.717) is 25.1 Å². The maximum absolute atomic E-state index is 12.7. The van der Waals surface area contributed by atoms with Crippen LogP contribution in [0.2, 0.25) is 0 Å². The van der Waals surface area contributed by atoms with E-state index in [4.69, 9.17) is 4.74 Å². The molecule has 5 heteroatoms. The molecule has 1 heterocycles. The Morgan fingerprint density at radius 2 is 2.00 bits per heavy atom. The van der Waals surface area contributed by atoms with Crippen LogP contribution in [0.3, 0.4) is 0 Å². The van der Waals surface area contributed by atoms with Crippen LogP contribution in [0.15, 0.2) is 48.5 Å². The van der Waals surface area contributed by atoms with Crippen LogP contribution in [0.5, 0.6) is 0 Å². The topological polar surface area (TPSA) is 58.6 Å². The smallest absolute Gasteiger partial charge is 0.339 e. The number of cyclic esters (lactones) is 1. The van der Waals surface area contributed by atoms with Crippen molar-refractivity contribution in [2.24, 2.45) is 0 Å². The van der Waals surface area contributed by atoms with Crippen LogP contribution in [0, 0.1) is 6.92 Å². The van der Waals surface area contributed by atoms with Gasteiger partial charge in [-0.1, -0.05) is 30.3 Å². The highest BCUT2D eigenvalue weighted by molar-refractivity contribution is 5.97. The molecule has 0 saturated heterocycles. The highest BCUT2D eigenvalue weighted by Crippen LogP contribution is 2.28. The fourth-order valence-electron chi connectivity index (χ4n) is 3.45. The van der Waals surface area contributed by atoms with Gasteiger partial charge in [-0.2, -0.15) is 0 Å². The number of hydrogen-bond donors (Lipinski definition) is 1. The molecule has 1 aliphatic rings. The van der Waals surface area contributed by atoms with Crippen molar-refractivity contribution >= 4 is 17.6 Å². The third kappa shape index (κ3) is 4.13. The van der Waals surface area contributed by atoms with E-state index in [2.05, 4.69) is 42.3 Å². The number of hydrogen-bond acceptors (Lipinski definition) is 4. The molecule has 0 spiro atoms. The summed E-state index contributed by atoms with van der Waals surface area (Å²) in [5, 5.41) is 2.94. The number of fused-ring (bicyclic) bond motifs is 1. The summed E-state index contributed by atoms with van der Waals surface area (Å²) in [7, 11) is 0. The molecule has 0 aromatic heterocycles. The summed E-state index contributed by atoms with van der Waals surface area (Å²) in [6.45, 7) is 7.84. The lowest BCUT2D eigenvalue weighted by atomic mass is 9.89. The van der Waals surface area contributed by atoms with Gasteiger partial charge >= 0.3 is 5.97 Å². The Kier molecular flexibility index (Phi) is 5.49. The van der Waals surface area contributed by atoms with Crippen molar-refractivity contribution in [3.05, 3.63) is 65.2 Å². The van der Waals surface area contributed by atoms with Gasteiger partial charge in [0.1, 0.15) is 0 Å². The first-order chi connectivity index (χ1) is 12.9. The van der Waals surface area contributed by atoms with Gasteiger partial charge in [0.05, 0.1) is 5.56 Å². The molecule has 0 fully saturated rings. The third-order valence-corrected chi connectivity index (χ3v) is 4.98. The zero-order valence-corrected chi connectivity index (χ0v) is 16.1. The van der Waals surface area contributed by atoms with Gasteiger partial charge in [-0.3, -0.25) is 4.79 Å². The van der Waals surface area contributed by atoms with Gasteiger partial charge in [0.2, 0.25) is 0 Å². The molecule has 0 radical (unpaired) electrons. The number of nitrogens with zero attached hydrogens (tertiary/aromatic N) is 1. The molecule has 1 unspecified atom stereocenters. The SMILES string of the molecule is CCN(CCNC(=O)C1(C)Cc2ccccc2C(=O)O1)c1cccc(C)c1. The van der Waals surface area contributed by atoms with Gasteiger partial charge in [0.15, 0.2) is 5.60 Å². The molecule has 1 aliphatic heterocycles. The standard InChI is InChI=1S/C22H26N2O3/c1-4-24(18-10-7-8-16(2)14-18)13-12-23-21(26)22(3)15-17-9-5-6-11-19(17)20(25)27-22/h5-11,14H,4,12-13,15H2,1-3H3,(H,23,26). The number of aryl methyl sites for hydroxylation is 1. The van der Waals surface area contributed by atoms with Crippen LogP contribution in [0.4, 0.5) is 5.69 Å². The van der Waals surface area contributed by atoms with Crippen molar-refractivity contribution in [3.8, 4) is 0 Å². The predicted octanol–water partition coefficient (Wildman–Crippen LogP) is 3.11. The molecule has 142 valence electrons. The molecule has 2 aromatic carbocycles. The van der Waals surface area contributed by atoms with Crippen LogP contribution >= 0.6 is 0 Å². The summed E-state index contributed by atoms with van der Waals surface area (Å²) < 4.78 is 5.48. The first kappa shape index (κ1) is 19.0. The number of nitrogens with one attached hydrogen (secondary N) is 1. The highest BCUT2D eigenvalue weighted by Gasteiger charge is 2.42. The maximum atomic E-state index is 12.7. The highest BCUT2D eigenvalue weighted by atomic mass is 16.6. The molecule has 1 amide bonds. The Balaban J connectivity index is 1.61. The summed E-state index contributed by atoms with van der Waals surface area (Å²) in [5.41, 5.74) is 2.55. The number of rotatable bonds is 6. The van der Waals surface area contributed by atoms with Crippen molar-refractivity contribution in [2.45, 2.75) is 32.8 Å². The van der Waals surface area contributed by atoms with E-state index >= 15 is 0 Å². The second-order valence-corrected chi connectivity index (χ2v) is 7.13. The number of carbonyl (C=O) groups excluding carboxylic acids is 2. The fraction of sp³-hybridized carbons (Fsp3) is 0.364. The minimum Gasteiger partial charge on any atom is -0.445 e. The minimum atomic E-state index is -1.17. The largest absolute Gasteiger partial charge is 0.445 e. The molecule has 1 atom stereocenters. The number of likely N-dealkylation sites (N-methyl/N-ethyl adjacent to an activating group) is 1. The summed E-state index contributed by atoms with van der Waals surface area (Å²) in [6.07, 6.45) is 0.385. The monoisotopic (exact) mass is 366 g/mol. The molecule has 2 aromatic rings. The lowest BCUT2D eigenvalue weighted by molar-refractivity contribution is -0.139. The Morgan fingerprint density at radius 1 is 1.22 bits per heavy atom. The van der Waals surface area contributed by atoms with Crippen molar-refractivity contribution in [2.75, 3.05) is 24.5 Å². The van der Waals surface area contributed by atoms with Crippen LogP contribution in [0.1, 0.15) is 35.3 Å². The number of amides is 1. The normalized spacial score (nSPS) is 18.4. The van der Waals surface area contributed by atoms with Gasteiger partial charge in [0.25, 0.3) is 5.91 Å². The zero-order chi connectivity index (χ0) is 19.4. The average molecular weight is 366 g/mol. The maximum Gasteiger partial charge on any atom is 0.339 e. The molecule has 0 saturated carbocycles. The molecule has 27 heavy (non-hydrogen) atoms. The van der Waals surface area contributed by atoms with Crippen molar-refractivity contribution in [3.63, 3.8) is 0 Å². The van der Waals surface area contributed by atoms with Crippen molar-refractivity contribution < 1.29 is 14.3 Å². The zero-order valence-electron chi connectivity index (χ0n) is 16.1. The Labute approximate surface area is 160 Å². The minimum absolute atomic E-state index is 0.259. The van der Waals surface area contributed by atoms with Gasteiger partial charge < -0.3 is 15.0 Å². The second kappa shape index (κ2) is 7.82. The van der Waals surface area contributed by atoms with Crippen LogP contribution in [-0.4, -0.2) is 37.1 Å². The Morgan fingerprint density at radius 3 is 2.74 bits per heavy atom. The van der Waals surface area contributed by atoms with E-state index in [-0.39, 0.29) is 5.91 Å². The van der Waals surface area contributed by atoms with E-state index in [9.17, 15) is 9.59 Å². The lowest BCUT2D eigenvalue weighted by Gasteiger charge is -2.33. The summed E-state index contributed by atoms with van der Waals surface area (Å²) in [6, 6.07) is 15.6. The number of carbonyl (C=O) groups is 2. The van der Waals surface area contributed by atoms with Crippen LogP contribution in [-0.2, 0) is 16.0 Å². The quantitative estimate of drug-likeness (QED) is 0.798. The molecule has 3 rings (SSSR count). The van der Waals surface area contributed by atoms with Gasteiger partial charge in [-0.15, -0.1) is 0 Å². The van der Waals surface area contributed by atoms with Gasteiger partial charge in [-0.05, 0) is 50.1 Å². The summed E-state index contributed by atoms with van der Waals surface area (Å²) in [4.78, 5) is 27.2. The lowest BCUT2D eigenvalue weighted by Crippen LogP contribution is -2.52. The average Bonchev–Trinajstić information content (AvgIpc) is 2.65. The summed E-state index contributed by atoms with van der Waals surface area (Å²) >= 11 is 0. The third-order valence-electron chi connectivity index (χ3n) is 4.98. The molecular weight excluding hydrogens is 340 g/mol. The molecule has 0 bridgehead atoms.